The van der Waals surface area contributed by atoms with Crippen LogP contribution in [0, 0.1) is 3.57 Å². The SMILES string of the molecule is Clc1cc(I)cnc1Br. The molecule has 0 atom stereocenters. The highest BCUT2D eigenvalue weighted by Gasteiger charge is 1.95. The van der Waals surface area contributed by atoms with Crippen molar-refractivity contribution in [3.05, 3.63) is 25.5 Å². The fraction of sp³-hybridized carbons (Fsp3) is 0. The minimum atomic E-state index is 0.655. The molecule has 4 heteroatoms. The molecule has 0 aliphatic rings. The fourth-order valence-electron chi connectivity index (χ4n) is 0.398. The molecule has 0 unspecified atom stereocenters. The smallest absolute Gasteiger partial charge is 0.124 e. The van der Waals surface area contributed by atoms with Crippen LogP contribution in [-0.4, -0.2) is 4.98 Å². The molecule has 0 fully saturated rings. The number of rotatable bonds is 0. The molecule has 9 heavy (non-hydrogen) atoms. The third-order valence-electron chi connectivity index (χ3n) is 0.763. The summed E-state index contributed by atoms with van der Waals surface area (Å²) in [4.78, 5) is 3.96. The highest BCUT2D eigenvalue weighted by molar-refractivity contribution is 14.1. The molecule has 1 rings (SSSR count). The van der Waals surface area contributed by atoms with Crippen LogP contribution in [0.3, 0.4) is 0 Å². The molecule has 0 radical (unpaired) electrons. The summed E-state index contributed by atoms with van der Waals surface area (Å²) in [5, 5.41) is 0.655. The summed E-state index contributed by atoms with van der Waals surface area (Å²) in [7, 11) is 0. The molecule has 0 bridgehead atoms. The van der Waals surface area contributed by atoms with Crippen molar-refractivity contribution in [3.63, 3.8) is 0 Å². The van der Waals surface area contributed by atoms with E-state index in [1.165, 1.54) is 0 Å². The van der Waals surface area contributed by atoms with Crippen molar-refractivity contribution in [1.29, 1.82) is 0 Å². The summed E-state index contributed by atoms with van der Waals surface area (Å²) in [5.74, 6) is 0. The second-order valence-electron chi connectivity index (χ2n) is 1.43. The van der Waals surface area contributed by atoms with Gasteiger partial charge in [-0.15, -0.1) is 0 Å². The average molecular weight is 318 g/mol. The van der Waals surface area contributed by atoms with E-state index in [0.717, 1.165) is 3.57 Å². The van der Waals surface area contributed by atoms with Crippen LogP contribution in [-0.2, 0) is 0 Å². The normalized spacial score (nSPS) is 9.67. The average Bonchev–Trinajstić information content (AvgIpc) is 1.80. The molecule has 48 valence electrons. The minimum Gasteiger partial charge on any atom is -0.247 e. The van der Waals surface area contributed by atoms with E-state index in [1.807, 2.05) is 6.07 Å². The van der Waals surface area contributed by atoms with E-state index in [1.54, 1.807) is 6.20 Å². The second kappa shape index (κ2) is 3.16. The monoisotopic (exact) mass is 317 g/mol. The molecule has 0 spiro atoms. The van der Waals surface area contributed by atoms with Gasteiger partial charge >= 0.3 is 0 Å². The summed E-state index contributed by atoms with van der Waals surface area (Å²) in [6.07, 6.45) is 1.75. The molecular weight excluding hydrogens is 316 g/mol. The van der Waals surface area contributed by atoms with Crippen molar-refractivity contribution in [2.24, 2.45) is 0 Å². The minimum absolute atomic E-state index is 0.655. The van der Waals surface area contributed by atoms with Crippen molar-refractivity contribution in [2.75, 3.05) is 0 Å². The van der Waals surface area contributed by atoms with Gasteiger partial charge in [-0.3, -0.25) is 0 Å². The van der Waals surface area contributed by atoms with Crippen LogP contribution in [0.2, 0.25) is 5.02 Å². The molecule has 0 amide bonds. The third-order valence-corrected chi connectivity index (χ3v) is 2.50. The highest BCUT2D eigenvalue weighted by atomic mass is 127. The van der Waals surface area contributed by atoms with Crippen LogP contribution < -0.4 is 0 Å². The lowest BCUT2D eigenvalue weighted by atomic mass is 10.5. The largest absolute Gasteiger partial charge is 0.247 e. The topological polar surface area (TPSA) is 12.9 Å². The van der Waals surface area contributed by atoms with Crippen LogP contribution in [0.4, 0.5) is 0 Å². The number of halogens is 3. The molecule has 1 nitrogen and oxygen atoms in total. The van der Waals surface area contributed by atoms with Gasteiger partial charge in [0.15, 0.2) is 0 Å². The first-order chi connectivity index (χ1) is 4.20. The van der Waals surface area contributed by atoms with E-state index in [-0.39, 0.29) is 0 Å². The van der Waals surface area contributed by atoms with Crippen LogP contribution in [0.15, 0.2) is 16.9 Å². The van der Waals surface area contributed by atoms with E-state index in [9.17, 15) is 0 Å². The molecule has 0 saturated carbocycles. The Morgan fingerprint density at radius 1 is 1.67 bits per heavy atom. The van der Waals surface area contributed by atoms with Crippen molar-refractivity contribution >= 4 is 50.1 Å². The molecule has 0 N–H and O–H groups in total. The molecule has 1 heterocycles. The lowest BCUT2D eigenvalue weighted by Crippen LogP contribution is -1.77. The first kappa shape index (κ1) is 7.75. The Labute approximate surface area is 80.1 Å². The van der Waals surface area contributed by atoms with Gasteiger partial charge in [-0.1, -0.05) is 11.6 Å². The van der Waals surface area contributed by atoms with Crippen molar-refractivity contribution < 1.29 is 0 Å². The lowest BCUT2D eigenvalue weighted by molar-refractivity contribution is 1.26. The summed E-state index contributed by atoms with van der Waals surface area (Å²) < 4.78 is 1.74. The molecule has 0 saturated heterocycles. The summed E-state index contributed by atoms with van der Waals surface area (Å²) in [6.45, 7) is 0. The maximum atomic E-state index is 5.70. The predicted octanol–water partition coefficient (Wildman–Crippen LogP) is 3.10. The standard InChI is InChI=1S/C5H2BrClIN/c6-5-4(7)1-3(8)2-9-5/h1-2H. The van der Waals surface area contributed by atoms with Gasteiger partial charge in [-0.2, -0.15) is 0 Å². The Kier molecular flexibility index (Phi) is 2.73. The van der Waals surface area contributed by atoms with Crippen molar-refractivity contribution in [3.8, 4) is 0 Å². The Hall–Kier alpha value is 0.650. The fourth-order valence-corrected chi connectivity index (χ4v) is 1.42. The number of aromatic nitrogens is 1. The maximum Gasteiger partial charge on any atom is 0.124 e. The Balaban J connectivity index is 3.17. The number of nitrogens with zero attached hydrogens (tertiary/aromatic N) is 1. The number of hydrogen-bond acceptors (Lipinski definition) is 1. The lowest BCUT2D eigenvalue weighted by Gasteiger charge is -1.92. The predicted molar refractivity (Wildman–Crippen MR) is 49.7 cm³/mol. The zero-order valence-electron chi connectivity index (χ0n) is 4.24. The van der Waals surface area contributed by atoms with E-state index >= 15 is 0 Å². The van der Waals surface area contributed by atoms with Gasteiger partial charge in [0.05, 0.1) is 5.02 Å². The molecular formula is C5H2BrClIN. The maximum absolute atomic E-state index is 5.70. The summed E-state index contributed by atoms with van der Waals surface area (Å²) in [6, 6.07) is 1.85. The Morgan fingerprint density at radius 2 is 2.33 bits per heavy atom. The quantitative estimate of drug-likeness (QED) is 0.529. The van der Waals surface area contributed by atoms with Crippen molar-refractivity contribution in [2.45, 2.75) is 0 Å². The van der Waals surface area contributed by atoms with Gasteiger partial charge in [0, 0.05) is 9.77 Å². The molecule has 0 aliphatic heterocycles. The van der Waals surface area contributed by atoms with E-state index in [2.05, 4.69) is 43.5 Å². The van der Waals surface area contributed by atoms with E-state index in [0.29, 0.717) is 9.63 Å². The van der Waals surface area contributed by atoms with Crippen LogP contribution in [0.1, 0.15) is 0 Å². The van der Waals surface area contributed by atoms with Crippen LogP contribution in [0.5, 0.6) is 0 Å². The van der Waals surface area contributed by atoms with Crippen LogP contribution >= 0.6 is 50.1 Å². The zero-order valence-corrected chi connectivity index (χ0v) is 8.74. The first-order valence-corrected chi connectivity index (χ1v) is 4.41. The van der Waals surface area contributed by atoms with Crippen LogP contribution in [0.25, 0.3) is 0 Å². The third kappa shape index (κ3) is 2.05. The van der Waals surface area contributed by atoms with Gasteiger partial charge in [0.25, 0.3) is 0 Å². The second-order valence-corrected chi connectivity index (χ2v) is 3.83. The van der Waals surface area contributed by atoms with E-state index < -0.39 is 0 Å². The van der Waals surface area contributed by atoms with Gasteiger partial charge in [-0.05, 0) is 44.6 Å². The molecule has 0 aromatic carbocycles. The van der Waals surface area contributed by atoms with Crippen molar-refractivity contribution in [1.82, 2.24) is 4.98 Å². The molecule has 1 aromatic heterocycles. The zero-order chi connectivity index (χ0) is 6.85. The van der Waals surface area contributed by atoms with Gasteiger partial charge in [0.1, 0.15) is 4.60 Å². The molecule has 1 aromatic rings. The Morgan fingerprint density at radius 3 is 2.78 bits per heavy atom. The summed E-state index contributed by atoms with van der Waals surface area (Å²) >= 11 is 11.0. The first-order valence-electron chi connectivity index (χ1n) is 2.16. The van der Waals surface area contributed by atoms with Gasteiger partial charge in [0.2, 0.25) is 0 Å². The molecule has 0 aliphatic carbocycles. The Bertz CT molecular complexity index is 228. The number of pyridine rings is 1. The number of hydrogen-bond donors (Lipinski definition) is 0. The van der Waals surface area contributed by atoms with E-state index in [4.69, 9.17) is 11.6 Å². The summed E-state index contributed by atoms with van der Waals surface area (Å²) in [5.41, 5.74) is 0. The van der Waals surface area contributed by atoms with Gasteiger partial charge in [-0.25, -0.2) is 4.98 Å². The van der Waals surface area contributed by atoms with Gasteiger partial charge < -0.3 is 0 Å². The highest BCUT2D eigenvalue weighted by Crippen LogP contribution is 2.20.